The third kappa shape index (κ3) is 3.75. The number of imidazole rings is 1. The van der Waals surface area contributed by atoms with Crippen molar-refractivity contribution in [3.05, 3.63) is 12.7 Å². The predicted molar refractivity (Wildman–Crippen MR) is 92.0 cm³/mol. The summed E-state index contributed by atoms with van der Waals surface area (Å²) in [6, 6.07) is -0.886. The molecule has 3 heterocycles. The maximum Gasteiger partial charge on any atom is 0.320 e. The van der Waals surface area contributed by atoms with Crippen LogP contribution in [0.3, 0.4) is 0 Å². The molecule has 0 saturated carbocycles. The number of hydrogen-bond acceptors (Lipinski definition) is 9. The Morgan fingerprint density at radius 2 is 2.27 bits per heavy atom. The number of likely N-dealkylation sites (N-methyl/N-ethyl adjacent to an activating group) is 1. The molecule has 26 heavy (non-hydrogen) atoms. The zero-order chi connectivity index (χ0) is 18.8. The van der Waals surface area contributed by atoms with Crippen molar-refractivity contribution in [2.75, 3.05) is 25.9 Å². The van der Waals surface area contributed by atoms with Gasteiger partial charge in [-0.3, -0.25) is 9.36 Å². The summed E-state index contributed by atoms with van der Waals surface area (Å²) in [6.45, 7) is 1.06. The first-order chi connectivity index (χ1) is 12.4. The van der Waals surface area contributed by atoms with E-state index in [-0.39, 0.29) is 11.9 Å². The van der Waals surface area contributed by atoms with Gasteiger partial charge in [0.15, 0.2) is 17.7 Å². The predicted octanol–water partition coefficient (Wildman–Crippen LogP) is -1.21. The SMILES string of the molecule is CN(CCC(N)C(=O)O)C[C@@H]1C[C@@H](O)C(n2cnc3c(N)ncnc32)O1. The average molecular weight is 365 g/mol. The molecule has 0 bridgehead atoms. The third-order valence-electron chi connectivity index (χ3n) is 4.48. The van der Waals surface area contributed by atoms with Crippen LogP contribution in [-0.2, 0) is 9.53 Å². The van der Waals surface area contributed by atoms with Gasteiger partial charge in [0.2, 0.25) is 0 Å². The van der Waals surface area contributed by atoms with E-state index >= 15 is 0 Å². The molecule has 142 valence electrons. The second-order valence-corrected chi connectivity index (χ2v) is 6.53. The molecule has 1 fully saturated rings. The second-order valence-electron chi connectivity index (χ2n) is 6.53. The smallest absolute Gasteiger partial charge is 0.320 e. The van der Waals surface area contributed by atoms with Gasteiger partial charge < -0.3 is 31.3 Å². The van der Waals surface area contributed by atoms with E-state index < -0.39 is 24.3 Å². The maximum atomic E-state index is 10.8. The molecule has 0 aromatic carbocycles. The molecular weight excluding hydrogens is 342 g/mol. The van der Waals surface area contributed by atoms with E-state index in [4.69, 9.17) is 21.3 Å². The Kier molecular flexibility index (Phi) is 5.32. The molecule has 11 nitrogen and oxygen atoms in total. The van der Waals surface area contributed by atoms with Gasteiger partial charge in [0.05, 0.1) is 12.4 Å². The Hall–Kier alpha value is -2.34. The molecule has 2 aromatic heterocycles. The lowest BCUT2D eigenvalue weighted by Gasteiger charge is -2.22. The molecule has 0 amide bonds. The number of nitrogens with two attached hydrogens (primary N) is 2. The lowest BCUT2D eigenvalue weighted by Crippen LogP contribution is -2.36. The lowest BCUT2D eigenvalue weighted by atomic mass is 10.1. The Morgan fingerprint density at radius 1 is 1.50 bits per heavy atom. The van der Waals surface area contributed by atoms with Crippen LogP contribution in [0, 0.1) is 0 Å². The molecule has 0 aliphatic carbocycles. The number of aliphatic hydroxyl groups excluding tert-OH is 1. The fourth-order valence-corrected chi connectivity index (χ4v) is 3.08. The van der Waals surface area contributed by atoms with Crippen molar-refractivity contribution in [3.8, 4) is 0 Å². The van der Waals surface area contributed by atoms with Crippen LogP contribution in [0.2, 0.25) is 0 Å². The van der Waals surface area contributed by atoms with E-state index in [1.54, 1.807) is 4.57 Å². The van der Waals surface area contributed by atoms with Gasteiger partial charge in [-0.2, -0.15) is 0 Å². The quantitative estimate of drug-likeness (QED) is 0.467. The molecule has 1 aliphatic rings. The molecule has 1 aliphatic heterocycles. The number of rotatable bonds is 7. The Morgan fingerprint density at radius 3 is 3.00 bits per heavy atom. The normalized spacial score (nSPS) is 24.4. The summed E-state index contributed by atoms with van der Waals surface area (Å²) < 4.78 is 7.62. The summed E-state index contributed by atoms with van der Waals surface area (Å²) in [5.74, 6) is -0.744. The van der Waals surface area contributed by atoms with Crippen molar-refractivity contribution in [1.29, 1.82) is 0 Å². The molecular formula is C15H23N7O4. The number of aliphatic hydroxyl groups is 1. The van der Waals surface area contributed by atoms with Crippen LogP contribution in [-0.4, -0.2) is 79.0 Å². The number of anilines is 1. The van der Waals surface area contributed by atoms with Gasteiger partial charge in [-0.25, -0.2) is 15.0 Å². The number of ether oxygens (including phenoxy) is 1. The molecule has 2 aromatic rings. The number of carboxylic acid groups (broad SMARTS) is 1. The topological polar surface area (TPSA) is 166 Å². The van der Waals surface area contributed by atoms with Crippen molar-refractivity contribution in [1.82, 2.24) is 24.4 Å². The Bertz CT molecular complexity index is 782. The van der Waals surface area contributed by atoms with E-state index in [1.807, 2.05) is 11.9 Å². The van der Waals surface area contributed by atoms with Crippen molar-refractivity contribution in [3.63, 3.8) is 0 Å². The summed E-state index contributed by atoms with van der Waals surface area (Å²) in [4.78, 5) is 25.0. The first-order valence-corrected chi connectivity index (χ1v) is 8.30. The highest BCUT2D eigenvalue weighted by molar-refractivity contribution is 5.81. The van der Waals surface area contributed by atoms with Gasteiger partial charge in [-0.05, 0) is 20.0 Å². The minimum absolute atomic E-state index is 0.210. The van der Waals surface area contributed by atoms with Crippen molar-refractivity contribution >= 4 is 23.0 Å². The monoisotopic (exact) mass is 365 g/mol. The number of fused-ring (bicyclic) bond motifs is 1. The molecule has 6 N–H and O–H groups in total. The Labute approximate surface area is 149 Å². The molecule has 11 heteroatoms. The highest BCUT2D eigenvalue weighted by Gasteiger charge is 2.36. The van der Waals surface area contributed by atoms with Crippen LogP contribution >= 0.6 is 0 Å². The first-order valence-electron chi connectivity index (χ1n) is 8.30. The van der Waals surface area contributed by atoms with Crippen LogP contribution < -0.4 is 11.5 Å². The zero-order valence-corrected chi connectivity index (χ0v) is 14.4. The van der Waals surface area contributed by atoms with Gasteiger partial charge in [0, 0.05) is 13.0 Å². The largest absolute Gasteiger partial charge is 0.480 e. The minimum Gasteiger partial charge on any atom is -0.480 e. The highest BCUT2D eigenvalue weighted by Crippen LogP contribution is 2.31. The van der Waals surface area contributed by atoms with Crippen LogP contribution in [0.1, 0.15) is 19.1 Å². The third-order valence-corrected chi connectivity index (χ3v) is 4.48. The molecule has 4 atom stereocenters. The molecule has 1 saturated heterocycles. The van der Waals surface area contributed by atoms with Crippen molar-refractivity contribution in [2.45, 2.75) is 37.3 Å². The van der Waals surface area contributed by atoms with E-state index in [0.717, 1.165) is 0 Å². The Balaban J connectivity index is 1.62. The minimum atomic E-state index is -1.01. The number of nitrogen functional groups attached to an aromatic ring is 1. The van der Waals surface area contributed by atoms with E-state index in [2.05, 4.69) is 15.0 Å². The maximum absolute atomic E-state index is 10.8. The molecule has 0 spiro atoms. The second kappa shape index (κ2) is 7.50. The van der Waals surface area contributed by atoms with Crippen molar-refractivity contribution < 1.29 is 19.7 Å². The molecule has 3 rings (SSSR count). The van der Waals surface area contributed by atoms with E-state index in [0.29, 0.717) is 37.1 Å². The van der Waals surface area contributed by atoms with Gasteiger partial charge in [0.25, 0.3) is 0 Å². The fraction of sp³-hybridized carbons (Fsp3) is 0.600. The summed E-state index contributed by atoms with van der Waals surface area (Å²) in [6.07, 6.45) is 2.11. The number of aliphatic carboxylic acids is 1. The van der Waals surface area contributed by atoms with E-state index in [1.165, 1.54) is 12.7 Å². The summed E-state index contributed by atoms with van der Waals surface area (Å²) >= 11 is 0. The number of carbonyl (C=O) groups is 1. The number of nitrogens with zero attached hydrogens (tertiary/aromatic N) is 5. The fourth-order valence-electron chi connectivity index (χ4n) is 3.08. The average Bonchev–Trinajstić information content (AvgIpc) is 3.16. The van der Waals surface area contributed by atoms with Crippen LogP contribution in [0.25, 0.3) is 11.2 Å². The first kappa shape index (κ1) is 18.5. The number of hydrogen-bond donors (Lipinski definition) is 4. The lowest BCUT2D eigenvalue weighted by molar-refractivity contribution is -0.138. The van der Waals surface area contributed by atoms with Crippen LogP contribution in [0.4, 0.5) is 5.82 Å². The van der Waals surface area contributed by atoms with Gasteiger partial charge in [-0.1, -0.05) is 0 Å². The standard InChI is InChI=1S/C15H23N7O4/c1-21(3-2-9(16)15(24)25)5-8-4-10(23)14(26-8)22-7-20-11-12(17)18-6-19-13(11)22/h6-10,14,23H,2-5,16H2,1H3,(H,24,25)(H2,17,18,19)/t8-,9?,10+,14?/m0/s1. The van der Waals surface area contributed by atoms with Gasteiger partial charge >= 0.3 is 5.97 Å². The van der Waals surface area contributed by atoms with Gasteiger partial charge in [0.1, 0.15) is 24.0 Å². The van der Waals surface area contributed by atoms with Crippen molar-refractivity contribution in [2.24, 2.45) is 5.73 Å². The summed E-state index contributed by atoms with van der Waals surface area (Å²) in [7, 11) is 1.86. The number of carboxylic acids is 1. The number of aromatic nitrogens is 4. The van der Waals surface area contributed by atoms with E-state index in [9.17, 15) is 9.90 Å². The molecule has 2 unspecified atom stereocenters. The van der Waals surface area contributed by atoms with Crippen LogP contribution in [0.15, 0.2) is 12.7 Å². The molecule has 0 radical (unpaired) electrons. The summed E-state index contributed by atoms with van der Waals surface area (Å²) in [5.41, 5.74) is 12.3. The summed E-state index contributed by atoms with van der Waals surface area (Å²) in [5, 5.41) is 19.2. The van der Waals surface area contributed by atoms with Crippen LogP contribution in [0.5, 0.6) is 0 Å². The highest BCUT2D eigenvalue weighted by atomic mass is 16.5. The zero-order valence-electron chi connectivity index (χ0n) is 14.4. The van der Waals surface area contributed by atoms with Gasteiger partial charge in [-0.15, -0.1) is 0 Å².